The maximum Gasteiger partial charge on any atom is 0.254 e. The second kappa shape index (κ2) is 10.4. The summed E-state index contributed by atoms with van der Waals surface area (Å²) in [6, 6.07) is 18.8. The second-order valence-electron chi connectivity index (χ2n) is 8.45. The van der Waals surface area contributed by atoms with Crippen LogP contribution < -0.4 is 14.8 Å². The van der Waals surface area contributed by atoms with Gasteiger partial charge in [0.15, 0.2) is 11.5 Å². The van der Waals surface area contributed by atoms with E-state index in [1.165, 1.54) is 12.7 Å². The van der Waals surface area contributed by atoms with Gasteiger partial charge in [-0.05, 0) is 65.8 Å². The van der Waals surface area contributed by atoms with Crippen molar-refractivity contribution in [3.63, 3.8) is 0 Å². The molecule has 2 atom stereocenters. The van der Waals surface area contributed by atoms with Gasteiger partial charge in [0.05, 0.1) is 26.2 Å². The molecule has 0 aliphatic carbocycles. The van der Waals surface area contributed by atoms with Crippen molar-refractivity contribution in [1.29, 1.82) is 0 Å². The summed E-state index contributed by atoms with van der Waals surface area (Å²) < 4.78 is 11.0. The zero-order valence-corrected chi connectivity index (χ0v) is 21.4. The van der Waals surface area contributed by atoms with Gasteiger partial charge in [-0.15, -0.1) is 11.8 Å². The minimum absolute atomic E-state index is 0.170. The highest BCUT2D eigenvalue weighted by molar-refractivity contribution is 7.98. The molecule has 0 aromatic heterocycles. The van der Waals surface area contributed by atoms with E-state index in [0.29, 0.717) is 28.3 Å². The van der Waals surface area contributed by atoms with Crippen LogP contribution in [0.5, 0.6) is 11.5 Å². The number of rotatable bonds is 7. The first-order valence-electron chi connectivity index (χ1n) is 11.5. The zero-order valence-electron chi connectivity index (χ0n) is 20.6. The van der Waals surface area contributed by atoms with Crippen molar-refractivity contribution in [1.82, 2.24) is 4.90 Å². The van der Waals surface area contributed by atoms with E-state index >= 15 is 0 Å². The minimum Gasteiger partial charge on any atom is -0.493 e. The van der Waals surface area contributed by atoms with Crippen molar-refractivity contribution in [2.24, 2.45) is 0 Å². The Morgan fingerprint density at radius 2 is 1.63 bits per heavy atom. The summed E-state index contributed by atoms with van der Waals surface area (Å²) in [4.78, 5) is 30.1. The first kappa shape index (κ1) is 24.7. The van der Waals surface area contributed by atoms with Gasteiger partial charge in [-0.3, -0.25) is 9.59 Å². The molecule has 0 bridgehead atoms. The van der Waals surface area contributed by atoms with Crippen molar-refractivity contribution in [3.05, 3.63) is 82.9 Å². The molecule has 1 aliphatic rings. The molecule has 2 amide bonds. The van der Waals surface area contributed by atoms with E-state index in [1.807, 2.05) is 54.8 Å². The maximum atomic E-state index is 13.9. The largest absolute Gasteiger partial charge is 0.493 e. The molecule has 0 spiro atoms. The molecule has 4 rings (SSSR count). The lowest BCUT2D eigenvalue weighted by atomic mass is 9.79. The summed E-state index contributed by atoms with van der Waals surface area (Å²) in [7, 11) is 4.82. The summed E-state index contributed by atoms with van der Waals surface area (Å²) in [5, 5.41) is 3.07. The van der Waals surface area contributed by atoms with E-state index in [1.54, 1.807) is 43.0 Å². The van der Waals surface area contributed by atoms with E-state index < -0.39 is 12.0 Å². The number of hydrogen-bond acceptors (Lipinski definition) is 5. The fraction of sp³-hybridized carbons (Fsp3) is 0.286. The number of methoxy groups -OCH3 is 2. The normalized spacial score (nSPS) is 17.1. The highest BCUT2D eigenvalue weighted by Gasteiger charge is 2.43. The summed E-state index contributed by atoms with van der Waals surface area (Å²) in [6.07, 6.45) is 2.94. The van der Waals surface area contributed by atoms with Crippen molar-refractivity contribution in [2.45, 2.75) is 30.2 Å². The molecular formula is C28H30N2O4S. The van der Waals surface area contributed by atoms with Crippen LogP contribution >= 0.6 is 11.8 Å². The van der Waals surface area contributed by atoms with E-state index in [4.69, 9.17) is 9.47 Å². The standard InChI is InChI=1S/C28H30N2O4S/c1-6-17-7-11-19(12-8-17)29-27(31)25-21-15-23(33-3)24(34-4)16-22(21)28(32)30(2)26(25)18-9-13-20(35-5)14-10-18/h7-16,25-26H,6H2,1-5H3,(H,29,31)/t25-,26-/m0/s1. The van der Waals surface area contributed by atoms with Gasteiger partial charge in [-0.2, -0.15) is 0 Å². The average Bonchev–Trinajstić information content (AvgIpc) is 2.90. The van der Waals surface area contributed by atoms with Crippen LogP contribution in [-0.2, 0) is 11.2 Å². The fourth-order valence-corrected chi connectivity index (χ4v) is 5.00. The maximum absolute atomic E-state index is 13.9. The number of carbonyl (C=O) groups excluding carboxylic acids is 2. The SMILES string of the molecule is CCc1ccc(NC(=O)[C@H]2c3cc(OC)c(OC)cc3C(=O)N(C)[C@H]2c2ccc(SC)cc2)cc1. The molecule has 3 aromatic carbocycles. The number of benzene rings is 3. The smallest absolute Gasteiger partial charge is 0.254 e. The number of thioether (sulfide) groups is 1. The number of ether oxygens (including phenoxy) is 2. The summed E-state index contributed by atoms with van der Waals surface area (Å²) >= 11 is 1.64. The lowest BCUT2D eigenvalue weighted by Crippen LogP contribution is -2.44. The highest BCUT2D eigenvalue weighted by atomic mass is 32.2. The van der Waals surface area contributed by atoms with Crippen LogP contribution in [0, 0.1) is 0 Å². The molecule has 6 nitrogen and oxygen atoms in total. The molecule has 1 N–H and O–H groups in total. The molecule has 0 saturated carbocycles. The summed E-state index contributed by atoms with van der Waals surface area (Å²) in [5.41, 5.74) is 3.85. The highest BCUT2D eigenvalue weighted by Crippen LogP contribution is 2.46. The number of nitrogens with one attached hydrogen (secondary N) is 1. The van der Waals surface area contributed by atoms with Gasteiger partial charge in [0, 0.05) is 23.2 Å². The molecule has 0 fully saturated rings. The Morgan fingerprint density at radius 3 is 2.20 bits per heavy atom. The Morgan fingerprint density at radius 1 is 1.00 bits per heavy atom. The molecule has 1 aliphatic heterocycles. The fourth-order valence-electron chi connectivity index (χ4n) is 4.59. The predicted molar refractivity (Wildman–Crippen MR) is 140 cm³/mol. The molecule has 0 unspecified atom stereocenters. The molecule has 0 radical (unpaired) electrons. The first-order valence-corrected chi connectivity index (χ1v) is 12.7. The van der Waals surface area contributed by atoms with Crippen molar-refractivity contribution in [3.8, 4) is 11.5 Å². The molecule has 182 valence electrons. The van der Waals surface area contributed by atoms with Crippen molar-refractivity contribution in [2.75, 3.05) is 32.8 Å². The molecule has 3 aromatic rings. The Labute approximate surface area is 210 Å². The Bertz CT molecular complexity index is 1220. The first-order chi connectivity index (χ1) is 16.9. The number of hydrogen-bond donors (Lipinski definition) is 1. The van der Waals surface area contributed by atoms with Crippen LogP contribution in [0.25, 0.3) is 0 Å². The van der Waals surface area contributed by atoms with Crippen LogP contribution in [0.2, 0.25) is 0 Å². The van der Waals surface area contributed by atoms with Crippen LogP contribution in [0.3, 0.4) is 0 Å². The quantitative estimate of drug-likeness (QED) is 0.441. The van der Waals surface area contributed by atoms with Crippen molar-refractivity contribution < 1.29 is 19.1 Å². The van der Waals surface area contributed by atoms with Crippen LogP contribution in [-0.4, -0.2) is 44.2 Å². The van der Waals surface area contributed by atoms with Crippen molar-refractivity contribution >= 4 is 29.3 Å². The van der Waals surface area contributed by atoms with E-state index in [0.717, 1.165) is 16.9 Å². The van der Waals surface area contributed by atoms with Crippen LogP contribution in [0.15, 0.2) is 65.6 Å². The minimum atomic E-state index is -0.654. The third kappa shape index (κ3) is 4.73. The lowest BCUT2D eigenvalue weighted by molar-refractivity contribution is -0.119. The Balaban J connectivity index is 1.84. The van der Waals surface area contributed by atoms with E-state index in [2.05, 4.69) is 12.2 Å². The second-order valence-corrected chi connectivity index (χ2v) is 9.33. The number of amides is 2. The summed E-state index contributed by atoms with van der Waals surface area (Å²) in [6.45, 7) is 2.09. The third-order valence-corrected chi connectivity index (χ3v) is 7.29. The topological polar surface area (TPSA) is 67.9 Å². The number of anilines is 1. The lowest BCUT2D eigenvalue weighted by Gasteiger charge is -2.40. The number of aryl methyl sites for hydroxylation is 1. The monoisotopic (exact) mass is 490 g/mol. The van der Waals surface area contributed by atoms with Gasteiger partial charge in [-0.25, -0.2) is 0 Å². The number of likely N-dealkylation sites (N-methyl/N-ethyl adjacent to an activating group) is 1. The van der Waals surface area contributed by atoms with E-state index in [9.17, 15) is 9.59 Å². The molecule has 7 heteroatoms. The van der Waals surface area contributed by atoms with Crippen LogP contribution in [0.4, 0.5) is 5.69 Å². The van der Waals surface area contributed by atoms with Gasteiger partial charge < -0.3 is 19.7 Å². The van der Waals surface area contributed by atoms with Gasteiger partial charge >= 0.3 is 0 Å². The predicted octanol–water partition coefficient (Wildman–Crippen LogP) is 5.54. The van der Waals surface area contributed by atoms with Crippen LogP contribution in [0.1, 0.15) is 45.9 Å². The number of carbonyl (C=O) groups is 2. The average molecular weight is 491 g/mol. The number of fused-ring (bicyclic) bond motifs is 1. The molecule has 1 heterocycles. The molecule has 35 heavy (non-hydrogen) atoms. The van der Waals surface area contributed by atoms with Gasteiger partial charge in [0.1, 0.15) is 0 Å². The Hall–Kier alpha value is -3.45. The zero-order chi connectivity index (χ0) is 25.1. The Kier molecular flexibility index (Phi) is 7.36. The molecule has 0 saturated heterocycles. The molecular weight excluding hydrogens is 460 g/mol. The summed E-state index contributed by atoms with van der Waals surface area (Å²) in [5.74, 6) is -0.0917. The van der Waals surface area contributed by atoms with E-state index in [-0.39, 0.29) is 11.8 Å². The van der Waals surface area contributed by atoms with Gasteiger partial charge in [0.2, 0.25) is 5.91 Å². The third-order valence-electron chi connectivity index (χ3n) is 6.54. The van der Waals surface area contributed by atoms with Gasteiger partial charge in [0.25, 0.3) is 5.91 Å². The van der Waals surface area contributed by atoms with Gasteiger partial charge in [-0.1, -0.05) is 31.2 Å². The number of nitrogens with zero attached hydrogens (tertiary/aromatic N) is 1.